The summed E-state index contributed by atoms with van der Waals surface area (Å²) in [6.07, 6.45) is 0. The van der Waals surface area contributed by atoms with Crippen LogP contribution in [0.25, 0.3) is 0 Å². The van der Waals surface area contributed by atoms with Gasteiger partial charge < -0.3 is 14.2 Å². The van der Waals surface area contributed by atoms with Gasteiger partial charge >= 0.3 is 0 Å². The number of carbonyl (C=O) groups is 2. The van der Waals surface area contributed by atoms with E-state index in [4.69, 9.17) is 14.2 Å². The lowest BCUT2D eigenvalue weighted by molar-refractivity contribution is -0.123. The average Bonchev–Trinajstić information content (AvgIpc) is 2.74. The molecule has 0 atom stereocenters. The first-order valence-corrected chi connectivity index (χ1v) is 10.5. The number of hydrogen-bond donors (Lipinski definition) is 2. The Bertz CT molecular complexity index is 857. The molecule has 2 amide bonds. The molecule has 2 aromatic carbocycles. The van der Waals surface area contributed by atoms with Gasteiger partial charge in [0.15, 0.2) is 6.61 Å². The van der Waals surface area contributed by atoms with Gasteiger partial charge in [0.2, 0.25) is 0 Å². The van der Waals surface area contributed by atoms with Crippen LogP contribution in [-0.4, -0.2) is 38.2 Å². The Balaban J connectivity index is 1.84. The molecule has 0 fully saturated rings. The van der Waals surface area contributed by atoms with E-state index in [0.717, 1.165) is 10.0 Å². The molecule has 0 radical (unpaired) electrons. The Morgan fingerprint density at radius 2 is 1.77 bits per heavy atom. The van der Waals surface area contributed by atoms with Crippen LogP contribution in [0.5, 0.6) is 11.5 Å². The van der Waals surface area contributed by atoms with Gasteiger partial charge in [0.25, 0.3) is 11.8 Å². The first kappa shape index (κ1) is 23.7. The number of carbonyl (C=O) groups excluding carboxylic acids is 2. The number of hydrogen-bond acceptors (Lipinski definition) is 5. The highest BCUT2D eigenvalue weighted by Crippen LogP contribution is 2.28. The quantitative estimate of drug-likeness (QED) is 0.400. The lowest BCUT2D eigenvalue weighted by Gasteiger charge is -2.13. The highest BCUT2D eigenvalue weighted by Gasteiger charge is 2.14. The predicted octanol–water partition coefficient (Wildman–Crippen LogP) is 3.83. The summed E-state index contributed by atoms with van der Waals surface area (Å²) in [5, 5.41) is 0. The molecule has 0 saturated carbocycles. The number of benzene rings is 2. The van der Waals surface area contributed by atoms with Crippen LogP contribution in [-0.2, 0) is 9.53 Å². The summed E-state index contributed by atoms with van der Waals surface area (Å²) in [6.45, 7) is 7.19. The topological polar surface area (TPSA) is 85.9 Å². The highest BCUT2D eigenvalue weighted by atomic mass is 79.9. The third-order valence-corrected chi connectivity index (χ3v) is 4.74. The maximum atomic E-state index is 12.4. The molecular formula is C22H27BrN2O5. The summed E-state index contributed by atoms with van der Waals surface area (Å²) in [5.41, 5.74) is 6.19. The molecule has 30 heavy (non-hydrogen) atoms. The maximum Gasteiger partial charge on any atom is 0.276 e. The molecule has 0 saturated heterocycles. The van der Waals surface area contributed by atoms with Crippen molar-refractivity contribution < 1.29 is 23.8 Å². The van der Waals surface area contributed by atoms with E-state index in [2.05, 4.69) is 40.6 Å². The SMILES string of the molecule is CCOCCOc1ccccc1C(=O)NNC(=O)COc1ccc(C(C)C)cc1Br. The highest BCUT2D eigenvalue weighted by molar-refractivity contribution is 9.10. The molecule has 2 rings (SSSR count). The third-order valence-electron chi connectivity index (χ3n) is 4.12. The van der Waals surface area contributed by atoms with E-state index in [1.54, 1.807) is 30.3 Å². The molecular weight excluding hydrogens is 452 g/mol. The summed E-state index contributed by atoms with van der Waals surface area (Å²) in [6, 6.07) is 12.5. The van der Waals surface area contributed by atoms with Crippen molar-refractivity contribution in [2.24, 2.45) is 0 Å². The predicted molar refractivity (Wildman–Crippen MR) is 118 cm³/mol. The Morgan fingerprint density at radius 1 is 1.00 bits per heavy atom. The zero-order chi connectivity index (χ0) is 21.9. The number of amides is 2. The van der Waals surface area contributed by atoms with Gasteiger partial charge in [-0.2, -0.15) is 0 Å². The first-order chi connectivity index (χ1) is 14.4. The lowest BCUT2D eigenvalue weighted by Crippen LogP contribution is -2.44. The van der Waals surface area contributed by atoms with Crippen LogP contribution in [0.3, 0.4) is 0 Å². The normalized spacial score (nSPS) is 10.6. The lowest BCUT2D eigenvalue weighted by atomic mass is 10.0. The van der Waals surface area contributed by atoms with E-state index in [1.165, 1.54) is 0 Å². The molecule has 0 bridgehead atoms. The zero-order valence-electron chi connectivity index (χ0n) is 17.4. The van der Waals surface area contributed by atoms with Gasteiger partial charge in [-0.3, -0.25) is 20.4 Å². The Morgan fingerprint density at radius 3 is 2.47 bits per heavy atom. The van der Waals surface area contributed by atoms with E-state index < -0.39 is 11.8 Å². The van der Waals surface area contributed by atoms with Gasteiger partial charge in [-0.25, -0.2) is 0 Å². The number of hydrazine groups is 1. The van der Waals surface area contributed by atoms with Crippen molar-refractivity contribution in [3.05, 3.63) is 58.1 Å². The monoisotopic (exact) mass is 478 g/mol. The average molecular weight is 479 g/mol. The third kappa shape index (κ3) is 7.35. The second-order valence-electron chi connectivity index (χ2n) is 6.68. The second-order valence-corrected chi connectivity index (χ2v) is 7.53. The fraction of sp³-hybridized carbons (Fsp3) is 0.364. The van der Waals surface area contributed by atoms with E-state index in [0.29, 0.717) is 42.8 Å². The molecule has 0 aliphatic rings. The number of para-hydroxylation sites is 1. The van der Waals surface area contributed by atoms with Crippen LogP contribution in [0, 0.1) is 0 Å². The number of ether oxygens (including phenoxy) is 3. The summed E-state index contributed by atoms with van der Waals surface area (Å²) in [7, 11) is 0. The van der Waals surface area contributed by atoms with Crippen LogP contribution in [0.2, 0.25) is 0 Å². The van der Waals surface area contributed by atoms with Crippen molar-refractivity contribution in [3.63, 3.8) is 0 Å². The number of rotatable bonds is 10. The van der Waals surface area contributed by atoms with Gasteiger partial charge in [0.05, 0.1) is 16.6 Å². The van der Waals surface area contributed by atoms with Crippen molar-refractivity contribution in [1.29, 1.82) is 0 Å². The largest absolute Gasteiger partial charge is 0.490 e. The molecule has 8 heteroatoms. The molecule has 0 heterocycles. The van der Waals surface area contributed by atoms with Gasteiger partial charge in [-0.15, -0.1) is 0 Å². The first-order valence-electron chi connectivity index (χ1n) is 9.73. The van der Waals surface area contributed by atoms with Crippen LogP contribution in [0.4, 0.5) is 0 Å². The minimum absolute atomic E-state index is 0.244. The summed E-state index contributed by atoms with van der Waals surface area (Å²) < 4.78 is 17.1. The standard InChI is InChI=1S/C22H27BrN2O5/c1-4-28-11-12-29-19-8-6-5-7-17(19)22(27)25-24-21(26)14-30-20-10-9-16(15(2)3)13-18(20)23/h5-10,13,15H,4,11-12,14H2,1-3H3,(H,24,26)(H,25,27). The van der Waals surface area contributed by atoms with Crippen molar-refractivity contribution in [1.82, 2.24) is 10.9 Å². The van der Waals surface area contributed by atoms with Crippen LogP contribution in [0.15, 0.2) is 46.9 Å². The van der Waals surface area contributed by atoms with Crippen molar-refractivity contribution in [2.75, 3.05) is 26.4 Å². The van der Waals surface area contributed by atoms with E-state index in [9.17, 15) is 9.59 Å². The van der Waals surface area contributed by atoms with E-state index in [-0.39, 0.29) is 6.61 Å². The summed E-state index contributed by atoms with van der Waals surface area (Å²) in [5.74, 6) is 0.374. The Kier molecular flexibility index (Phi) is 9.63. The molecule has 2 aromatic rings. The zero-order valence-corrected chi connectivity index (χ0v) is 19.0. The van der Waals surface area contributed by atoms with E-state index in [1.807, 2.05) is 19.1 Å². The van der Waals surface area contributed by atoms with Crippen molar-refractivity contribution in [2.45, 2.75) is 26.7 Å². The van der Waals surface area contributed by atoms with Crippen LogP contribution >= 0.6 is 15.9 Å². The van der Waals surface area contributed by atoms with Gasteiger partial charge in [0.1, 0.15) is 18.1 Å². The summed E-state index contributed by atoms with van der Waals surface area (Å²) in [4.78, 5) is 24.5. The molecule has 162 valence electrons. The molecule has 0 aliphatic heterocycles. The second kappa shape index (κ2) is 12.2. The Hall–Kier alpha value is -2.58. The molecule has 0 aromatic heterocycles. The number of nitrogens with one attached hydrogen (secondary N) is 2. The summed E-state index contributed by atoms with van der Waals surface area (Å²) >= 11 is 3.45. The van der Waals surface area contributed by atoms with Gasteiger partial charge in [-0.1, -0.05) is 32.0 Å². The smallest absolute Gasteiger partial charge is 0.276 e. The number of halogens is 1. The van der Waals surface area contributed by atoms with Crippen molar-refractivity contribution >= 4 is 27.7 Å². The minimum Gasteiger partial charge on any atom is -0.490 e. The van der Waals surface area contributed by atoms with Crippen molar-refractivity contribution in [3.8, 4) is 11.5 Å². The van der Waals surface area contributed by atoms with E-state index >= 15 is 0 Å². The van der Waals surface area contributed by atoms with Crippen LogP contribution in [0.1, 0.15) is 42.6 Å². The fourth-order valence-electron chi connectivity index (χ4n) is 2.50. The molecule has 0 spiro atoms. The minimum atomic E-state index is -0.488. The van der Waals surface area contributed by atoms with Gasteiger partial charge in [-0.05, 0) is 58.6 Å². The molecule has 0 aliphatic carbocycles. The Labute approximate surface area is 185 Å². The molecule has 7 nitrogen and oxygen atoms in total. The molecule has 2 N–H and O–H groups in total. The van der Waals surface area contributed by atoms with Gasteiger partial charge in [0, 0.05) is 6.61 Å². The molecule has 0 unspecified atom stereocenters. The fourth-order valence-corrected chi connectivity index (χ4v) is 3.01. The maximum absolute atomic E-state index is 12.4. The van der Waals surface area contributed by atoms with Crippen LogP contribution < -0.4 is 20.3 Å².